The fourth-order valence-electron chi connectivity index (χ4n) is 1.83. The van der Waals surface area contributed by atoms with Gasteiger partial charge in [-0.2, -0.15) is 0 Å². The Labute approximate surface area is 95.7 Å². The average molecular weight is 229 g/mol. The Morgan fingerprint density at radius 3 is 2.44 bits per heavy atom. The maximum Gasteiger partial charge on any atom is 0.515 e. The van der Waals surface area contributed by atoms with Crippen molar-refractivity contribution >= 4 is 12.1 Å². The lowest BCUT2D eigenvalue weighted by molar-refractivity contribution is -0.144. The van der Waals surface area contributed by atoms with Gasteiger partial charge in [-0.05, 0) is 25.9 Å². The van der Waals surface area contributed by atoms with Gasteiger partial charge in [0.25, 0.3) is 0 Å². The van der Waals surface area contributed by atoms with Gasteiger partial charge in [-0.1, -0.05) is 13.3 Å². The highest BCUT2D eigenvalue weighted by atomic mass is 16.7. The van der Waals surface area contributed by atoms with E-state index in [1.165, 1.54) is 26.4 Å². The lowest BCUT2D eigenvalue weighted by Gasteiger charge is -2.28. The van der Waals surface area contributed by atoms with Gasteiger partial charge in [0.05, 0.1) is 13.0 Å². The SMILES string of the molecule is COC(=O)OC(=O)C(C)CN1CCCCC1. The molecule has 1 heterocycles. The van der Waals surface area contributed by atoms with Crippen molar-refractivity contribution in [3.8, 4) is 0 Å². The van der Waals surface area contributed by atoms with E-state index in [0.29, 0.717) is 6.54 Å². The van der Waals surface area contributed by atoms with E-state index in [9.17, 15) is 9.59 Å². The summed E-state index contributed by atoms with van der Waals surface area (Å²) in [5.41, 5.74) is 0. The van der Waals surface area contributed by atoms with E-state index in [4.69, 9.17) is 0 Å². The Hall–Kier alpha value is -1.10. The highest BCUT2D eigenvalue weighted by Crippen LogP contribution is 2.11. The number of esters is 1. The first-order valence-electron chi connectivity index (χ1n) is 5.65. The molecule has 0 radical (unpaired) electrons. The molecule has 1 aliphatic heterocycles. The minimum atomic E-state index is -0.935. The van der Waals surface area contributed by atoms with E-state index in [1.807, 2.05) is 0 Å². The predicted molar refractivity (Wildman–Crippen MR) is 58.0 cm³/mol. The molecule has 0 aromatic heterocycles. The molecule has 1 saturated heterocycles. The molecule has 0 aromatic carbocycles. The zero-order valence-corrected chi connectivity index (χ0v) is 9.90. The van der Waals surface area contributed by atoms with Crippen LogP contribution in [0, 0.1) is 5.92 Å². The summed E-state index contributed by atoms with van der Waals surface area (Å²) in [5, 5.41) is 0. The normalized spacial score (nSPS) is 18.9. The largest absolute Gasteiger partial charge is 0.515 e. The lowest BCUT2D eigenvalue weighted by atomic mass is 10.1. The van der Waals surface area contributed by atoms with Gasteiger partial charge in [0.2, 0.25) is 0 Å². The van der Waals surface area contributed by atoms with Crippen LogP contribution in [-0.2, 0) is 14.3 Å². The first kappa shape index (κ1) is 13.0. The monoisotopic (exact) mass is 229 g/mol. The predicted octanol–water partition coefficient (Wildman–Crippen LogP) is 1.42. The van der Waals surface area contributed by atoms with E-state index >= 15 is 0 Å². The van der Waals surface area contributed by atoms with Gasteiger partial charge < -0.3 is 14.4 Å². The third-order valence-electron chi connectivity index (χ3n) is 2.73. The minimum Gasteiger partial charge on any atom is -0.437 e. The summed E-state index contributed by atoms with van der Waals surface area (Å²) >= 11 is 0. The molecule has 0 amide bonds. The van der Waals surface area contributed by atoms with E-state index in [0.717, 1.165) is 13.1 Å². The number of ether oxygens (including phenoxy) is 2. The van der Waals surface area contributed by atoms with Crippen LogP contribution in [0.3, 0.4) is 0 Å². The minimum absolute atomic E-state index is 0.294. The summed E-state index contributed by atoms with van der Waals surface area (Å²) in [6, 6.07) is 0. The number of hydrogen-bond acceptors (Lipinski definition) is 5. The van der Waals surface area contributed by atoms with Crippen molar-refractivity contribution < 1.29 is 19.1 Å². The number of hydrogen-bond donors (Lipinski definition) is 0. The number of nitrogens with zero attached hydrogens (tertiary/aromatic N) is 1. The molecular formula is C11H19NO4. The molecule has 5 heteroatoms. The third kappa shape index (κ3) is 4.18. The van der Waals surface area contributed by atoms with Crippen LogP contribution < -0.4 is 0 Å². The fourth-order valence-corrected chi connectivity index (χ4v) is 1.83. The summed E-state index contributed by atoms with van der Waals surface area (Å²) in [6.45, 7) is 4.46. The summed E-state index contributed by atoms with van der Waals surface area (Å²) < 4.78 is 8.74. The molecule has 1 atom stereocenters. The van der Waals surface area contributed by atoms with Gasteiger partial charge >= 0.3 is 12.1 Å². The van der Waals surface area contributed by atoms with Crippen LogP contribution in [0.5, 0.6) is 0 Å². The van der Waals surface area contributed by atoms with Crippen molar-refractivity contribution in [1.82, 2.24) is 4.90 Å². The number of carbonyl (C=O) groups excluding carboxylic acids is 2. The van der Waals surface area contributed by atoms with Gasteiger partial charge in [-0.15, -0.1) is 0 Å². The summed E-state index contributed by atoms with van der Waals surface area (Å²) in [6.07, 6.45) is 2.69. The molecule has 16 heavy (non-hydrogen) atoms. The number of piperidine rings is 1. The summed E-state index contributed by atoms with van der Waals surface area (Å²) in [5.74, 6) is -0.811. The Morgan fingerprint density at radius 2 is 1.88 bits per heavy atom. The van der Waals surface area contributed by atoms with Crippen LogP contribution in [0.1, 0.15) is 26.2 Å². The van der Waals surface area contributed by atoms with E-state index < -0.39 is 12.1 Å². The van der Waals surface area contributed by atoms with Crippen LogP contribution in [0.4, 0.5) is 4.79 Å². The molecule has 0 N–H and O–H groups in total. The quantitative estimate of drug-likeness (QED) is 0.541. The molecule has 0 aliphatic carbocycles. The molecule has 1 fully saturated rings. The van der Waals surface area contributed by atoms with Gasteiger partial charge in [0, 0.05) is 6.54 Å². The van der Waals surface area contributed by atoms with Crippen molar-refractivity contribution in [2.75, 3.05) is 26.7 Å². The van der Waals surface area contributed by atoms with Gasteiger partial charge in [-0.25, -0.2) is 4.79 Å². The van der Waals surface area contributed by atoms with Crippen LogP contribution in [0.25, 0.3) is 0 Å². The highest BCUT2D eigenvalue weighted by molar-refractivity contribution is 5.83. The molecule has 92 valence electrons. The van der Waals surface area contributed by atoms with Crippen LogP contribution in [0.2, 0.25) is 0 Å². The highest BCUT2D eigenvalue weighted by Gasteiger charge is 2.22. The van der Waals surface area contributed by atoms with E-state index in [1.54, 1.807) is 6.92 Å². The molecule has 1 aliphatic rings. The molecular weight excluding hydrogens is 210 g/mol. The second kappa shape index (κ2) is 6.48. The fraction of sp³-hybridized carbons (Fsp3) is 0.818. The lowest BCUT2D eigenvalue weighted by Crippen LogP contribution is -2.36. The zero-order valence-electron chi connectivity index (χ0n) is 9.90. The number of carbonyl (C=O) groups is 2. The average Bonchev–Trinajstić information content (AvgIpc) is 2.30. The first-order chi connectivity index (χ1) is 7.63. The molecule has 5 nitrogen and oxygen atoms in total. The zero-order chi connectivity index (χ0) is 12.0. The maximum absolute atomic E-state index is 11.4. The molecule has 1 unspecified atom stereocenters. The molecule has 1 rings (SSSR count). The van der Waals surface area contributed by atoms with Crippen LogP contribution in [-0.4, -0.2) is 43.8 Å². The van der Waals surface area contributed by atoms with E-state index in [-0.39, 0.29) is 5.92 Å². The second-order valence-corrected chi connectivity index (χ2v) is 4.14. The smallest absolute Gasteiger partial charge is 0.437 e. The second-order valence-electron chi connectivity index (χ2n) is 4.14. The third-order valence-corrected chi connectivity index (χ3v) is 2.73. The Kier molecular flexibility index (Phi) is 5.25. The Balaban J connectivity index is 2.29. The molecule has 0 bridgehead atoms. The molecule has 0 saturated carbocycles. The standard InChI is InChI=1S/C11H19NO4/c1-9(10(13)16-11(14)15-2)8-12-6-4-3-5-7-12/h9H,3-8H2,1-2H3. The van der Waals surface area contributed by atoms with E-state index in [2.05, 4.69) is 14.4 Å². The van der Waals surface area contributed by atoms with Gasteiger partial charge in [0.1, 0.15) is 0 Å². The van der Waals surface area contributed by atoms with Crippen molar-refractivity contribution in [1.29, 1.82) is 0 Å². The molecule has 0 spiro atoms. The van der Waals surface area contributed by atoms with Crippen LogP contribution in [0.15, 0.2) is 0 Å². The van der Waals surface area contributed by atoms with Crippen molar-refractivity contribution in [3.63, 3.8) is 0 Å². The maximum atomic E-state index is 11.4. The first-order valence-corrected chi connectivity index (χ1v) is 5.65. The summed E-state index contributed by atoms with van der Waals surface area (Å²) in [7, 11) is 1.19. The van der Waals surface area contributed by atoms with Crippen LogP contribution >= 0.6 is 0 Å². The summed E-state index contributed by atoms with van der Waals surface area (Å²) in [4.78, 5) is 24.4. The molecule has 0 aromatic rings. The Morgan fingerprint density at radius 1 is 1.25 bits per heavy atom. The number of methoxy groups -OCH3 is 1. The van der Waals surface area contributed by atoms with Crippen molar-refractivity contribution in [2.45, 2.75) is 26.2 Å². The van der Waals surface area contributed by atoms with Gasteiger partial charge in [0.15, 0.2) is 0 Å². The Bertz CT molecular complexity index is 248. The van der Waals surface area contributed by atoms with Crippen molar-refractivity contribution in [2.24, 2.45) is 5.92 Å². The topological polar surface area (TPSA) is 55.8 Å². The number of rotatable bonds is 3. The van der Waals surface area contributed by atoms with Crippen molar-refractivity contribution in [3.05, 3.63) is 0 Å². The van der Waals surface area contributed by atoms with Gasteiger partial charge in [-0.3, -0.25) is 4.79 Å². The number of likely N-dealkylation sites (tertiary alicyclic amines) is 1.